The summed E-state index contributed by atoms with van der Waals surface area (Å²) in [7, 11) is 0. The van der Waals surface area contributed by atoms with Gasteiger partial charge >= 0.3 is 5.97 Å². The molecule has 2 heterocycles. The first-order valence-electron chi connectivity index (χ1n) is 7.28. The summed E-state index contributed by atoms with van der Waals surface area (Å²) in [4.78, 5) is 12.9. The molecule has 1 saturated heterocycles. The van der Waals surface area contributed by atoms with Crippen LogP contribution < -0.4 is 0 Å². The third-order valence-corrected chi connectivity index (χ3v) is 3.46. The molecule has 0 aliphatic carbocycles. The lowest BCUT2D eigenvalue weighted by molar-refractivity contribution is -0.163. The van der Waals surface area contributed by atoms with Crippen LogP contribution in [-0.4, -0.2) is 66.4 Å². The number of aliphatic hydroxyl groups is 3. The van der Waals surface area contributed by atoms with Crippen LogP contribution in [0.5, 0.6) is 0 Å². The van der Waals surface area contributed by atoms with Gasteiger partial charge in [0.2, 0.25) is 12.1 Å². The quantitative estimate of drug-likeness (QED) is 0.589. The molecule has 5 atom stereocenters. The van der Waals surface area contributed by atoms with Crippen molar-refractivity contribution in [2.24, 2.45) is 5.41 Å². The Morgan fingerprint density at radius 1 is 1.39 bits per heavy atom. The third-order valence-electron chi connectivity index (χ3n) is 3.46. The lowest BCUT2D eigenvalue weighted by Crippen LogP contribution is -2.32. The first-order chi connectivity index (χ1) is 10.6. The predicted molar refractivity (Wildman–Crippen MR) is 74.8 cm³/mol. The van der Waals surface area contributed by atoms with Gasteiger partial charge in [0.1, 0.15) is 24.4 Å². The van der Waals surface area contributed by atoms with Crippen molar-refractivity contribution in [2.45, 2.75) is 58.3 Å². The fraction of sp³-hybridized carbons (Fsp3) is 0.846. The molecule has 0 amide bonds. The van der Waals surface area contributed by atoms with Gasteiger partial charge in [0.15, 0.2) is 0 Å². The summed E-state index contributed by atoms with van der Waals surface area (Å²) in [6.45, 7) is 6.30. The molecule has 0 radical (unpaired) electrons. The summed E-state index contributed by atoms with van der Waals surface area (Å²) in [6, 6.07) is 0. The number of esters is 1. The van der Waals surface area contributed by atoms with E-state index in [4.69, 9.17) is 14.6 Å². The molecule has 0 spiro atoms. The van der Waals surface area contributed by atoms with Gasteiger partial charge in [-0.25, -0.2) is 0 Å². The van der Waals surface area contributed by atoms with E-state index in [1.54, 1.807) is 27.7 Å². The van der Waals surface area contributed by atoms with Crippen LogP contribution >= 0.6 is 0 Å². The first-order valence-corrected chi connectivity index (χ1v) is 7.28. The maximum absolute atomic E-state index is 11.9. The highest BCUT2D eigenvalue weighted by atomic mass is 16.6. The Morgan fingerprint density at radius 2 is 2.04 bits per heavy atom. The van der Waals surface area contributed by atoms with E-state index in [0.29, 0.717) is 0 Å². The Bertz CT molecular complexity index is 557. The van der Waals surface area contributed by atoms with E-state index in [1.807, 2.05) is 0 Å². The molecule has 1 unspecified atom stereocenters. The van der Waals surface area contributed by atoms with Crippen LogP contribution in [0.25, 0.3) is 0 Å². The van der Waals surface area contributed by atoms with Crippen molar-refractivity contribution < 1.29 is 29.6 Å². The Morgan fingerprint density at radius 3 is 2.57 bits per heavy atom. The number of aliphatic hydroxyl groups excluding tert-OH is 3. The average Bonchev–Trinajstić information content (AvgIpc) is 3.05. The molecule has 0 aromatic carbocycles. The number of hydrogen-bond donors (Lipinski definition) is 3. The number of tetrazole rings is 1. The average molecular weight is 330 g/mol. The van der Waals surface area contributed by atoms with Crippen LogP contribution in [-0.2, 0) is 14.3 Å². The standard InChI is InChI=1S/C13H22N4O6/c1-6(22-12(21)13(2,3)4)17-15-11(14-16-17)10-9(20)8(19)7(5-18)23-10/h6-10,18-20H,5H2,1-4H3/t6?,7-,8-,9-,10-/m1/s1. The molecule has 0 bridgehead atoms. The van der Waals surface area contributed by atoms with Crippen LogP contribution in [0.15, 0.2) is 0 Å². The van der Waals surface area contributed by atoms with Crippen LogP contribution in [0.3, 0.4) is 0 Å². The van der Waals surface area contributed by atoms with Crippen molar-refractivity contribution in [3.8, 4) is 0 Å². The normalized spacial score (nSPS) is 29.5. The molecule has 23 heavy (non-hydrogen) atoms. The van der Waals surface area contributed by atoms with E-state index < -0.39 is 48.6 Å². The number of carbonyl (C=O) groups is 1. The van der Waals surface area contributed by atoms with Gasteiger partial charge in [-0.1, -0.05) is 0 Å². The highest BCUT2D eigenvalue weighted by Gasteiger charge is 2.45. The summed E-state index contributed by atoms with van der Waals surface area (Å²) in [5, 5.41) is 40.3. The number of ether oxygens (including phenoxy) is 2. The Hall–Kier alpha value is -1.62. The zero-order chi connectivity index (χ0) is 17.4. The monoisotopic (exact) mass is 330 g/mol. The highest BCUT2D eigenvalue weighted by molar-refractivity contribution is 5.75. The van der Waals surface area contributed by atoms with Gasteiger partial charge in [-0.15, -0.1) is 15.0 Å². The van der Waals surface area contributed by atoms with Crippen molar-refractivity contribution in [1.82, 2.24) is 20.2 Å². The van der Waals surface area contributed by atoms with E-state index in [-0.39, 0.29) is 5.82 Å². The Labute approximate surface area is 133 Å². The number of rotatable bonds is 4. The maximum atomic E-state index is 11.9. The topological polar surface area (TPSA) is 140 Å². The van der Waals surface area contributed by atoms with Gasteiger partial charge in [0.05, 0.1) is 12.0 Å². The Balaban J connectivity index is 2.07. The molecule has 2 rings (SSSR count). The molecule has 3 N–H and O–H groups in total. The molecule has 1 aliphatic heterocycles. The van der Waals surface area contributed by atoms with Gasteiger partial charge in [-0.3, -0.25) is 4.79 Å². The van der Waals surface area contributed by atoms with E-state index in [0.717, 1.165) is 4.80 Å². The van der Waals surface area contributed by atoms with Crippen LogP contribution in [0, 0.1) is 5.41 Å². The molecule has 0 saturated carbocycles. The van der Waals surface area contributed by atoms with Crippen molar-refractivity contribution in [3.05, 3.63) is 5.82 Å². The molecule has 10 nitrogen and oxygen atoms in total. The van der Waals surface area contributed by atoms with Gasteiger partial charge in [0, 0.05) is 0 Å². The van der Waals surface area contributed by atoms with Crippen LogP contribution in [0.1, 0.15) is 45.9 Å². The molecule has 1 fully saturated rings. The molecular weight excluding hydrogens is 308 g/mol. The SMILES string of the molecule is CC(OC(=O)C(C)(C)C)n1nnc([C@@H]2O[C@H](CO)[C@@H](O)[C@H]2O)n1. The second-order valence-corrected chi connectivity index (χ2v) is 6.48. The second-order valence-electron chi connectivity index (χ2n) is 6.48. The van der Waals surface area contributed by atoms with Crippen LogP contribution in [0.2, 0.25) is 0 Å². The molecular formula is C13H22N4O6. The minimum absolute atomic E-state index is 0.0335. The van der Waals surface area contributed by atoms with Gasteiger partial charge < -0.3 is 24.8 Å². The summed E-state index contributed by atoms with van der Waals surface area (Å²) >= 11 is 0. The maximum Gasteiger partial charge on any atom is 0.313 e. The van der Waals surface area contributed by atoms with Crippen molar-refractivity contribution in [2.75, 3.05) is 6.61 Å². The fourth-order valence-corrected chi connectivity index (χ4v) is 2.00. The summed E-state index contributed by atoms with van der Waals surface area (Å²) < 4.78 is 10.5. The van der Waals surface area contributed by atoms with E-state index >= 15 is 0 Å². The molecule has 1 aromatic rings. The number of carbonyl (C=O) groups excluding carboxylic acids is 1. The zero-order valence-electron chi connectivity index (χ0n) is 13.4. The van der Waals surface area contributed by atoms with Crippen LogP contribution in [0.4, 0.5) is 0 Å². The molecule has 1 aliphatic rings. The second kappa shape index (κ2) is 6.48. The summed E-state index contributed by atoms with van der Waals surface area (Å²) in [6.07, 6.45) is -5.25. The van der Waals surface area contributed by atoms with E-state index in [2.05, 4.69) is 15.4 Å². The summed E-state index contributed by atoms with van der Waals surface area (Å²) in [5.41, 5.74) is -0.666. The van der Waals surface area contributed by atoms with Crippen molar-refractivity contribution in [3.63, 3.8) is 0 Å². The first kappa shape index (κ1) is 17.7. The minimum atomic E-state index is -1.28. The van der Waals surface area contributed by atoms with Crippen molar-refractivity contribution >= 4 is 5.97 Å². The minimum Gasteiger partial charge on any atom is -0.438 e. The zero-order valence-corrected chi connectivity index (χ0v) is 13.4. The molecule has 10 heteroatoms. The van der Waals surface area contributed by atoms with Gasteiger partial charge in [-0.2, -0.15) is 0 Å². The highest BCUT2D eigenvalue weighted by Crippen LogP contribution is 2.31. The fourth-order valence-electron chi connectivity index (χ4n) is 2.00. The lowest BCUT2D eigenvalue weighted by Gasteiger charge is -2.19. The van der Waals surface area contributed by atoms with E-state index in [1.165, 1.54) is 0 Å². The van der Waals surface area contributed by atoms with Gasteiger partial charge in [-0.05, 0) is 32.9 Å². The third kappa shape index (κ3) is 3.66. The Kier molecular flexibility index (Phi) is 4.99. The smallest absolute Gasteiger partial charge is 0.313 e. The largest absolute Gasteiger partial charge is 0.438 e. The van der Waals surface area contributed by atoms with E-state index in [9.17, 15) is 15.0 Å². The number of aromatic nitrogens is 4. The lowest BCUT2D eigenvalue weighted by atomic mass is 9.97. The predicted octanol–water partition coefficient (Wildman–Crippen LogP) is -1.07. The number of nitrogens with zero attached hydrogens (tertiary/aromatic N) is 4. The summed E-state index contributed by atoms with van der Waals surface area (Å²) in [5.74, 6) is -0.386. The molecule has 130 valence electrons. The number of hydrogen-bond acceptors (Lipinski definition) is 9. The van der Waals surface area contributed by atoms with Crippen molar-refractivity contribution in [1.29, 1.82) is 0 Å². The van der Waals surface area contributed by atoms with Gasteiger partial charge in [0.25, 0.3) is 0 Å². The molecule has 1 aromatic heterocycles.